The van der Waals surface area contributed by atoms with Crippen LogP contribution in [0, 0.1) is 5.92 Å². The Bertz CT molecular complexity index is 143. The summed E-state index contributed by atoms with van der Waals surface area (Å²) in [6.07, 6.45) is 10.2. The van der Waals surface area contributed by atoms with Gasteiger partial charge in [-0.2, -0.15) is 0 Å². The first-order valence-corrected chi connectivity index (χ1v) is 7.00. The Morgan fingerprint density at radius 3 is 2.53 bits per heavy atom. The molecule has 0 aliphatic heterocycles. The Morgan fingerprint density at radius 2 is 1.87 bits per heavy atom. The second-order valence-electron chi connectivity index (χ2n) is 4.67. The van der Waals surface area contributed by atoms with E-state index in [9.17, 15) is 0 Å². The second-order valence-corrected chi connectivity index (χ2v) is 5.23. The van der Waals surface area contributed by atoms with Gasteiger partial charge in [-0.05, 0) is 38.0 Å². The molecule has 15 heavy (non-hydrogen) atoms. The standard InChI is InChI=1S/C13H25ClO/c1-2-3-10-15-11-6-9-13(14)12-7-4-5-8-12/h12-13H,2-11H2,1H3. The van der Waals surface area contributed by atoms with Crippen molar-refractivity contribution in [3.63, 3.8) is 0 Å². The zero-order chi connectivity index (χ0) is 10.9. The van der Waals surface area contributed by atoms with Gasteiger partial charge < -0.3 is 4.74 Å². The summed E-state index contributed by atoms with van der Waals surface area (Å²) in [5, 5.41) is 0.405. The molecule has 0 radical (unpaired) electrons. The van der Waals surface area contributed by atoms with Gasteiger partial charge >= 0.3 is 0 Å². The third-order valence-electron chi connectivity index (χ3n) is 3.32. The lowest BCUT2D eigenvalue weighted by Gasteiger charge is -2.16. The topological polar surface area (TPSA) is 9.23 Å². The van der Waals surface area contributed by atoms with Crippen molar-refractivity contribution in [3.05, 3.63) is 0 Å². The molecule has 1 saturated carbocycles. The molecule has 1 nitrogen and oxygen atoms in total. The number of ether oxygens (including phenoxy) is 1. The number of rotatable bonds is 8. The number of alkyl halides is 1. The number of hydrogen-bond acceptors (Lipinski definition) is 1. The first-order chi connectivity index (χ1) is 7.34. The van der Waals surface area contributed by atoms with Crippen LogP contribution in [-0.4, -0.2) is 18.6 Å². The van der Waals surface area contributed by atoms with Crippen molar-refractivity contribution in [2.24, 2.45) is 5.92 Å². The van der Waals surface area contributed by atoms with Gasteiger partial charge in [-0.25, -0.2) is 0 Å². The van der Waals surface area contributed by atoms with Crippen LogP contribution in [0.3, 0.4) is 0 Å². The van der Waals surface area contributed by atoms with Gasteiger partial charge in [-0.1, -0.05) is 26.2 Å². The van der Waals surface area contributed by atoms with Crippen LogP contribution in [0.25, 0.3) is 0 Å². The van der Waals surface area contributed by atoms with Gasteiger partial charge in [0.1, 0.15) is 0 Å². The molecule has 1 rings (SSSR count). The summed E-state index contributed by atoms with van der Waals surface area (Å²) in [5.41, 5.74) is 0. The van der Waals surface area contributed by atoms with Gasteiger partial charge in [0.2, 0.25) is 0 Å². The van der Waals surface area contributed by atoms with Crippen molar-refractivity contribution >= 4 is 11.6 Å². The van der Waals surface area contributed by atoms with E-state index in [4.69, 9.17) is 16.3 Å². The van der Waals surface area contributed by atoms with Crippen LogP contribution < -0.4 is 0 Å². The maximum Gasteiger partial charge on any atom is 0.0466 e. The van der Waals surface area contributed by atoms with Crippen LogP contribution >= 0.6 is 11.6 Å². The minimum Gasteiger partial charge on any atom is -0.381 e. The lowest BCUT2D eigenvalue weighted by Crippen LogP contribution is -2.12. The molecule has 1 atom stereocenters. The van der Waals surface area contributed by atoms with E-state index in [1.165, 1.54) is 38.5 Å². The van der Waals surface area contributed by atoms with Gasteiger partial charge in [-0.15, -0.1) is 11.6 Å². The van der Waals surface area contributed by atoms with E-state index in [0.717, 1.165) is 32.0 Å². The molecule has 1 unspecified atom stereocenters. The number of unbranched alkanes of at least 4 members (excludes halogenated alkanes) is 1. The highest BCUT2D eigenvalue weighted by Crippen LogP contribution is 2.32. The molecule has 1 aliphatic rings. The first kappa shape index (κ1) is 13.3. The fourth-order valence-electron chi connectivity index (χ4n) is 2.28. The Kier molecular flexibility index (Phi) is 7.46. The van der Waals surface area contributed by atoms with Gasteiger partial charge in [-0.3, -0.25) is 0 Å². The van der Waals surface area contributed by atoms with Crippen LogP contribution in [-0.2, 0) is 4.74 Å². The summed E-state index contributed by atoms with van der Waals surface area (Å²) < 4.78 is 5.53. The fraction of sp³-hybridized carbons (Fsp3) is 1.00. The van der Waals surface area contributed by atoms with E-state index >= 15 is 0 Å². The quantitative estimate of drug-likeness (QED) is 0.446. The average Bonchev–Trinajstić information content (AvgIpc) is 2.76. The lowest BCUT2D eigenvalue weighted by atomic mass is 10.0. The third-order valence-corrected chi connectivity index (χ3v) is 3.90. The SMILES string of the molecule is CCCCOCCCC(Cl)C1CCCC1. The Balaban J connectivity index is 1.90. The van der Waals surface area contributed by atoms with E-state index < -0.39 is 0 Å². The number of hydrogen-bond donors (Lipinski definition) is 0. The zero-order valence-electron chi connectivity index (χ0n) is 10.0. The van der Waals surface area contributed by atoms with Gasteiger partial charge in [0.05, 0.1) is 0 Å². The van der Waals surface area contributed by atoms with Gasteiger partial charge in [0, 0.05) is 18.6 Å². The van der Waals surface area contributed by atoms with Crippen LogP contribution in [0.4, 0.5) is 0 Å². The fourth-order valence-corrected chi connectivity index (χ4v) is 2.69. The highest BCUT2D eigenvalue weighted by molar-refractivity contribution is 6.20. The highest BCUT2D eigenvalue weighted by atomic mass is 35.5. The highest BCUT2D eigenvalue weighted by Gasteiger charge is 2.22. The summed E-state index contributed by atoms with van der Waals surface area (Å²) in [6.45, 7) is 4.01. The third kappa shape index (κ3) is 5.77. The second kappa shape index (κ2) is 8.41. The minimum absolute atomic E-state index is 0.405. The first-order valence-electron chi connectivity index (χ1n) is 6.56. The molecule has 2 heteroatoms. The predicted molar refractivity (Wildman–Crippen MR) is 66.6 cm³/mol. The molecule has 0 heterocycles. The van der Waals surface area contributed by atoms with Crippen molar-refractivity contribution in [3.8, 4) is 0 Å². The van der Waals surface area contributed by atoms with Gasteiger partial charge in [0.25, 0.3) is 0 Å². The summed E-state index contributed by atoms with van der Waals surface area (Å²) >= 11 is 6.37. The molecule has 1 aliphatic carbocycles. The largest absolute Gasteiger partial charge is 0.381 e. The van der Waals surface area contributed by atoms with Crippen LogP contribution in [0.5, 0.6) is 0 Å². The summed E-state index contributed by atoms with van der Waals surface area (Å²) in [6, 6.07) is 0. The molecule has 0 aromatic heterocycles. The molecule has 0 bridgehead atoms. The van der Waals surface area contributed by atoms with Crippen LogP contribution in [0.15, 0.2) is 0 Å². The lowest BCUT2D eigenvalue weighted by molar-refractivity contribution is 0.126. The van der Waals surface area contributed by atoms with Crippen LogP contribution in [0.2, 0.25) is 0 Å². The molecule has 0 aromatic carbocycles. The zero-order valence-corrected chi connectivity index (χ0v) is 10.8. The monoisotopic (exact) mass is 232 g/mol. The molecule has 0 amide bonds. The molecule has 0 spiro atoms. The summed E-state index contributed by atoms with van der Waals surface area (Å²) in [7, 11) is 0. The Labute approximate surface area is 99.5 Å². The summed E-state index contributed by atoms with van der Waals surface area (Å²) in [5.74, 6) is 0.794. The molecule has 0 aromatic rings. The average molecular weight is 233 g/mol. The van der Waals surface area contributed by atoms with E-state index in [1.54, 1.807) is 0 Å². The molecular formula is C13H25ClO. The number of halogens is 1. The normalized spacial score (nSPS) is 19.6. The van der Waals surface area contributed by atoms with E-state index in [2.05, 4.69) is 6.92 Å². The van der Waals surface area contributed by atoms with Crippen molar-refractivity contribution in [2.45, 2.75) is 63.7 Å². The summed E-state index contributed by atoms with van der Waals surface area (Å²) in [4.78, 5) is 0. The Morgan fingerprint density at radius 1 is 1.20 bits per heavy atom. The van der Waals surface area contributed by atoms with E-state index in [-0.39, 0.29) is 0 Å². The van der Waals surface area contributed by atoms with Crippen molar-refractivity contribution in [2.75, 3.05) is 13.2 Å². The molecule has 0 saturated heterocycles. The van der Waals surface area contributed by atoms with Crippen molar-refractivity contribution in [1.82, 2.24) is 0 Å². The predicted octanol–water partition coefficient (Wildman–Crippen LogP) is 4.38. The van der Waals surface area contributed by atoms with E-state index in [0.29, 0.717) is 5.38 Å². The van der Waals surface area contributed by atoms with Gasteiger partial charge in [0.15, 0.2) is 0 Å². The van der Waals surface area contributed by atoms with E-state index in [1.807, 2.05) is 0 Å². The molecular weight excluding hydrogens is 208 g/mol. The molecule has 90 valence electrons. The maximum atomic E-state index is 6.37. The minimum atomic E-state index is 0.405. The Hall–Kier alpha value is 0.250. The van der Waals surface area contributed by atoms with Crippen LogP contribution in [0.1, 0.15) is 58.3 Å². The van der Waals surface area contributed by atoms with Crippen molar-refractivity contribution < 1.29 is 4.74 Å². The smallest absolute Gasteiger partial charge is 0.0466 e. The maximum absolute atomic E-state index is 6.37. The molecule has 0 N–H and O–H groups in total. The van der Waals surface area contributed by atoms with Crippen molar-refractivity contribution in [1.29, 1.82) is 0 Å². The molecule has 1 fully saturated rings.